The molecule has 0 atom stereocenters. The third kappa shape index (κ3) is 5.45. The zero-order valence-electron chi connectivity index (χ0n) is 15.2. The van der Waals surface area contributed by atoms with Crippen molar-refractivity contribution < 1.29 is 9.59 Å². The highest BCUT2D eigenvalue weighted by Gasteiger charge is 2.13. The Morgan fingerprint density at radius 2 is 1.72 bits per heavy atom. The van der Waals surface area contributed by atoms with Gasteiger partial charge >= 0.3 is 0 Å². The molecule has 1 N–H and O–H groups in total. The molecule has 4 nitrogen and oxygen atoms in total. The van der Waals surface area contributed by atoms with Crippen molar-refractivity contribution in [1.82, 2.24) is 4.90 Å². The van der Waals surface area contributed by atoms with Gasteiger partial charge in [0.2, 0.25) is 5.91 Å². The summed E-state index contributed by atoms with van der Waals surface area (Å²) < 4.78 is 0. The van der Waals surface area contributed by atoms with Gasteiger partial charge in [-0.3, -0.25) is 9.59 Å². The number of hydrogen-bond acceptors (Lipinski definition) is 2. The summed E-state index contributed by atoms with van der Waals surface area (Å²) in [6.45, 7) is 7.30. The van der Waals surface area contributed by atoms with Crippen molar-refractivity contribution in [1.29, 1.82) is 0 Å². The Balaban J connectivity index is 1.97. The summed E-state index contributed by atoms with van der Waals surface area (Å²) in [6, 6.07) is 15.3. The van der Waals surface area contributed by atoms with Crippen LogP contribution >= 0.6 is 0 Å². The molecule has 2 aromatic carbocycles. The summed E-state index contributed by atoms with van der Waals surface area (Å²) in [5.41, 5.74) is 3.61. The van der Waals surface area contributed by atoms with Gasteiger partial charge in [-0.15, -0.1) is 0 Å². The largest absolute Gasteiger partial charge is 0.339 e. The second-order valence-corrected chi connectivity index (χ2v) is 6.10. The maximum atomic E-state index is 12.4. The average molecular weight is 338 g/mol. The van der Waals surface area contributed by atoms with E-state index in [-0.39, 0.29) is 11.8 Å². The highest BCUT2D eigenvalue weighted by atomic mass is 16.2. The molecule has 0 saturated carbocycles. The van der Waals surface area contributed by atoms with Crippen molar-refractivity contribution in [3.63, 3.8) is 0 Å². The van der Waals surface area contributed by atoms with Gasteiger partial charge in [0, 0.05) is 30.8 Å². The van der Waals surface area contributed by atoms with E-state index < -0.39 is 0 Å². The highest BCUT2D eigenvalue weighted by molar-refractivity contribution is 5.97. The number of carbonyl (C=O) groups is 2. The Bertz CT molecular complexity index is 736. The summed E-state index contributed by atoms with van der Waals surface area (Å²) in [7, 11) is 0. The predicted molar refractivity (Wildman–Crippen MR) is 102 cm³/mol. The Morgan fingerprint density at radius 3 is 2.40 bits per heavy atom. The standard InChI is InChI=1S/C21H26N2O2/c1-4-23(5-2)21(25)18-10-7-11-19(15-18)22-20(24)13-12-17-9-6-8-16(3)14-17/h6-11,14-15H,4-5,12-13H2,1-3H3,(H,22,24). The van der Waals surface area contributed by atoms with E-state index in [1.165, 1.54) is 5.56 Å². The minimum absolute atomic E-state index is 0.0131. The summed E-state index contributed by atoms with van der Waals surface area (Å²) in [5, 5.41) is 2.89. The molecule has 0 fully saturated rings. The molecule has 2 amide bonds. The van der Waals surface area contributed by atoms with Gasteiger partial charge in [-0.25, -0.2) is 0 Å². The van der Waals surface area contributed by atoms with Crippen molar-refractivity contribution in [3.05, 3.63) is 65.2 Å². The molecule has 0 aliphatic heterocycles. The molecular formula is C21H26N2O2. The number of amides is 2. The number of benzene rings is 2. The molecule has 0 heterocycles. The van der Waals surface area contributed by atoms with Crippen LogP contribution in [0.25, 0.3) is 0 Å². The van der Waals surface area contributed by atoms with Gasteiger partial charge in [0.15, 0.2) is 0 Å². The first-order valence-corrected chi connectivity index (χ1v) is 8.78. The first-order chi connectivity index (χ1) is 12.0. The molecule has 0 spiro atoms. The fraction of sp³-hybridized carbons (Fsp3) is 0.333. The fourth-order valence-corrected chi connectivity index (χ4v) is 2.77. The summed E-state index contributed by atoms with van der Waals surface area (Å²) in [4.78, 5) is 26.4. The molecule has 0 saturated heterocycles. The fourth-order valence-electron chi connectivity index (χ4n) is 2.77. The molecule has 2 rings (SSSR count). The minimum atomic E-state index is -0.0473. The van der Waals surface area contributed by atoms with E-state index >= 15 is 0 Å². The lowest BCUT2D eigenvalue weighted by atomic mass is 10.1. The molecule has 0 bridgehead atoms. The molecule has 25 heavy (non-hydrogen) atoms. The topological polar surface area (TPSA) is 49.4 Å². The Morgan fingerprint density at radius 1 is 1.00 bits per heavy atom. The lowest BCUT2D eigenvalue weighted by Crippen LogP contribution is -2.30. The zero-order chi connectivity index (χ0) is 18.2. The maximum absolute atomic E-state index is 12.4. The van der Waals surface area contributed by atoms with Crippen LogP contribution in [0.4, 0.5) is 5.69 Å². The van der Waals surface area contributed by atoms with Gasteiger partial charge in [-0.2, -0.15) is 0 Å². The van der Waals surface area contributed by atoms with Crippen LogP contribution in [-0.4, -0.2) is 29.8 Å². The molecule has 4 heteroatoms. The molecule has 0 unspecified atom stereocenters. The minimum Gasteiger partial charge on any atom is -0.339 e. The number of hydrogen-bond donors (Lipinski definition) is 1. The average Bonchev–Trinajstić information content (AvgIpc) is 2.61. The molecule has 0 aliphatic rings. The Labute approximate surface area is 149 Å². The number of anilines is 1. The van der Waals surface area contributed by atoms with Crippen LogP contribution in [0.15, 0.2) is 48.5 Å². The Hall–Kier alpha value is -2.62. The van der Waals surface area contributed by atoms with Crippen LogP contribution in [0.1, 0.15) is 41.8 Å². The first kappa shape index (κ1) is 18.7. The highest BCUT2D eigenvalue weighted by Crippen LogP contribution is 2.14. The maximum Gasteiger partial charge on any atom is 0.253 e. The van der Waals surface area contributed by atoms with Crippen LogP contribution < -0.4 is 5.32 Å². The van der Waals surface area contributed by atoms with Crippen LogP contribution in [0.5, 0.6) is 0 Å². The summed E-state index contributed by atoms with van der Waals surface area (Å²) >= 11 is 0. The summed E-state index contributed by atoms with van der Waals surface area (Å²) in [6.07, 6.45) is 1.11. The first-order valence-electron chi connectivity index (χ1n) is 8.78. The molecule has 0 aromatic heterocycles. The number of rotatable bonds is 7. The SMILES string of the molecule is CCN(CC)C(=O)c1cccc(NC(=O)CCc2cccc(C)c2)c1. The van der Waals surface area contributed by atoms with Crippen molar-refractivity contribution in [2.24, 2.45) is 0 Å². The molecule has 0 aliphatic carbocycles. The van der Waals surface area contributed by atoms with Gasteiger partial charge in [-0.05, 0) is 51.0 Å². The van der Waals surface area contributed by atoms with Crippen LogP contribution in [0, 0.1) is 6.92 Å². The molecule has 132 valence electrons. The van der Waals surface area contributed by atoms with E-state index in [0.717, 1.165) is 5.56 Å². The van der Waals surface area contributed by atoms with E-state index in [1.807, 2.05) is 45.0 Å². The van der Waals surface area contributed by atoms with Crippen molar-refractivity contribution in [3.8, 4) is 0 Å². The van der Waals surface area contributed by atoms with E-state index in [0.29, 0.717) is 37.2 Å². The molecular weight excluding hydrogens is 312 g/mol. The quantitative estimate of drug-likeness (QED) is 0.828. The normalized spacial score (nSPS) is 10.4. The third-order valence-electron chi connectivity index (χ3n) is 4.17. The predicted octanol–water partition coefficient (Wildman–Crippen LogP) is 4.05. The van der Waals surface area contributed by atoms with Crippen LogP contribution in [0.2, 0.25) is 0 Å². The monoisotopic (exact) mass is 338 g/mol. The second kappa shape index (κ2) is 9.02. The lowest BCUT2D eigenvalue weighted by molar-refractivity contribution is -0.116. The smallest absolute Gasteiger partial charge is 0.253 e. The van der Waals surface area contributed by atoms with E-state index in [9.17, 15) is 9.59 Å². The van der Waals surface area contributed by atoms with E-state index in [1.54, 1.807) is 23.1 Å². The number of nitrogens with zero attached hydrogens (tertiary/aromatic N) is 1. The lowest BCUT2D eigenvalue weighted by Gasteiger charge is -2.19. The zero-order valence-corrected chi connectivity index (χ0v) is 15.2. The second-order valence-electron chi connectivity index (χ2n) is 6.10. The molecule has 2 aromatic rings. The van der Waals surface area contributed by atoms with Gasteiger partial charge < -0.3 is 10.2 Å². The molecule has 0 radical (unpaired) electrons. The van der Waals surface area contributed by atoms with Crippen molar-refractivity contribution in [2.75, 3.05) is 18.4 Å². The van der Waals surface area contributed by atoms with Crippen LogP contribution in [-0.2, 0) is 11.2 Å². The van der Waals surface area contributed by atoms with Gasteiger partial charge in [0.05, 0.1) is 0 Å². The number of nitrogens with one attached hydrogen (secondary N) is 1. The van der Waals surface area contributed by atoms with Crippen molar-refractivity contribution in [2.45, 2.75) is 33.6 Å². The van der Waals surface area contributed by atoms with Crippen molar-refractivity contribution >= 4 is 17.5 Å². The van der Waals surface area contributed by atoms with E-state index in [2.05, 4.69) is 11.4 Å². The summed E-state index contributed by atoms with van der Waals surface area (Å²) in [5.74, 6) is -0.0604. The third-order valence-corrected chi connectivity index (χ3v) is 4.17. The van der Waals surface area contributed by atoms with Gasteiger partial charge in [-0.1, -0.05) is 35.9 Å². The van der Waals surface area contributed by atoms with Gasteiger partial charge in [0.25, 0.3) is 5.91 Å². The van der Waals surface area contributed by atoms with E-state index in [4.69, 9.17) is 0 Å². The number of aryl methyl sites for hydroxylation is 2. The van der Waals surface area contributed by atoms with Gasteiger partial charge in [0.1, 0.15) is 0 Å². The van der Waals surface area contributed by atoms with Crippen LogP contribution in [0.3, 0.4) is 0 Å². The Kier molecular flexibility index (Phi) is 6.75. The number of carbonyl (C=O) groups excluding carboxylic acids is 2.